The Kier molecular flexibility index (Phi) is 4.19. The predicted molar refractivity (Wildman–Crippen MR) is 73.5 cm³/mol. The SMILES string of the molecule is CCCS(=O)(=O)NC(=O)c1ccc(-c2cnco2)cc1. The van der Waals surface area contributed by atoms with E-state index in [1.165, 1.54) is 18.5 Å². The highest BCUT2D eigenvalue weighted by molar-refractivity contribution is 7.90. The molecule has 1 heterocycles. The van der Waals surface area contributed by atoms with Crippen LogP contribution in [0.5, 0.6) is 0 Å². The summed E-state index contributed by atoms with van der Waals surface area (Å²) >= 11 is 0. The van der Waals surface area contributed by atoms with Gasteiger partial charge in [0.2, 0.25) is 10.0 Å². The van der Waals surface area contributed by atoms with Gasteiger partial charge in [0.25, 0.3) is 5.91 Å². The lowest BCUT2D eigenvalue weighted by Gasteiger charge is -2.06. The molecule has 0 unspecified atom stereocenters. The summed E-state index contributed by atoms with van der Waals surface area (Å²) in [5.74, 6) is -0.132. The molecular weight excluding hydrogens is 280 g/mol. The van der Waals surface area contributed by atoms with Gasteiger partial charge in [-0.3, -0.25) is 4.79 Å². The highest BCUT2D eigenvalue weighted by Crippen LogP contribution is 2.18. The maximum Gasteiger partial charge on any atom is 0.264 e. The molecule has 0 aliphatic rings. The van der Waals surface area contributed by atoms with E-state index in [1.807, 2.05) is 4.72 Å². The summed E-state index contributed by atoms with van der Waals surface area (Å²) in [6, 6.07) is 6.41. The normalized spacial score (nSPS) is 11.2. The number of nitrogens with one attached hydrogen (secondary N) is 1. The van der Waals surface area contributed by atoms with E-state index >= 15 is 0 Å². The van der Waals surface area contributed by atoms with Crippen molar-refractivity contribution >= 4 is 15.9 Å². The van der Waals surface area contributed by atoms with Crippen molar-refractivity contribution in [2.45, 2.75) is 13.3 Å². The van der Waals surface area contributed by atoms with Crippen molar-refractivity contribution in [1.82, 2.24) is 9.71 Å². The third kappa shape index (κ3) is 3.45. The van der Waals surface area contributed by atoms with E-state index in [0.717, 1.165) is 5.56 Å². The van der Waals surface area contributed by atoms with Crippen LogP contribution in [-0.4, -0.2) is 25.1 Å². The molecular formula is C13H14N2O4S. The van der Waals surface area contributed by atoms with Crippen molar-refractivity contribution in [2.24, 2.45) is 0 Å². The van der Waals surface area contributed by atoms with Crippen molar-refractivity contribution < 1.29 is 17.6 Å². The van der Waals surface area contributed by atoms with Gasteiger partial charge < -0.3 is 4.42 Å². The number of carbonyl (C=O) groups excluding carboxylic acids is 1. The minimum atomic E-state index is -3.56. The first-order valence-electron chi connectivity index (χ1n) is 6.05. The summed E-state index contributed by atoms with van der Waals surface area (Å²) in [5.41, 5.74) is 1.03. The third-order valence-electron chi connectivity index (χ3n) is 2.58. The smallest absolute Gasteiger partial charge is 0.264 e. The average Bonchev–Trinajstić information content (AvgIpc) is 2.92. The third-order valence-corrected chi connectivity index (χ3v) is 4.03. The molecule has 0 spiro atoms. The first-order valence-corrected chi connectivity index (χ1v) is 7.71. The van der Waals surface area contributed by atoms with E-state index in [0.29, 0.717) is 12.2 Å². The second kappa shape index (κ2) is 5.87. The van der Waals surface area contributed by atoms with Gasteiger partial charge in [0, 0.05) is 11.1 Å². The van der Waals surface area contributed by atoms with E-state index in [2.05, 4.69) is 4.98 Å². The van der Waals surface area contributed by atoms with E-state index in [1.54, 1.807) is 25.3 Å². The van der Waals surface area contributed by atoms with Crippen molar-refractivity contribution in [3.63, 3.8) is 0 Å². The maximum absolute atomic E-state index is 11.8. The van der Waals surface area contributed by atoms with E-state index < -0.39 is 15.9 Å². The van der Waals surface area contributed by atoms with Crippen molar-refractivity contribution in [2.75, 3.05) is 5.75 Å². The zero-order valence-electron chi connectivity index (χ0n) is 10.9. The fraction of sp³-hybridized carbons (Fsp3) is 0.231. The zero-order chi connectivity index (χ0) is 14.6. The lowest BCUT2D eigenvalue weighted by Crippen LogP contribution is -2.32. The summed E-state index contributed by atoms with van der Waals surface area (Å²) in [4.78, 5) is 15.6. The molecule has 0 saturated carbocycles. The molecule has 1 aromatic heterocycles. The largest absolute Gasteiger partial charge is 0.444 e. The molecule has 7 heteroatoms. The Bertz CT molecular complexity index is 676. The van der Waals surface area contributed by atoms with Crippen LogP contribution in [0.1, 0.15) is 23.7 Å². The number of benzene rings is 1. The Morgan fingerprint density at radius 1 is 1.30 bits per heavy atom. The summed E-state index contributed by atoms with van der Waals surface area (Å²) in [5, 5.41) is 0. The Labute approximate surface area is 116 Å². The first kappa shape index (κ1) is 14.3. The fourth-order valence-electron chi connectivity index (χ4n) is 1.66. The Hall–Kier alpha value is -2.15. The Balaban J connectivity index is 2.12. The molecule has 2 aromatic rings. The quantitative estimate of drug-likeness (QED) is 0.908. The molecule has 0 fully saturated rings. The van der Waals surface area contributed by atoms with Crippen LogP contribution < -0.4 is 4.72 Å². The molecule has 6 nitrogen and oxygen atoms in total. The molecule has 106 valence electrons. The first-order chi connectivity index (χ1) is 9.52. The number of rotatable bonds is 5. The predicted octanol–water partition coefficient (Wildman–Crippen LogP) is 1.81. The van der Waals surface area contributed by atoms with Crippen LogP contribution in [-0.2, 0) is 10.0 Å². The summed E-state index contributed by atoms with van der Waals surface area (Å²) in [6.45, 7) is 1.73. The molecule has 0 bridgehead atoms. The van der Waals surface area contributed by atoms with E-state index in [-0.39, 0.29) is 11.3 Å². The lowest BCUT2D eigenvalue weighted by atomic mass is 10.1. The number of amides is 1. The van der Waals surface area contributed by atoms with Gasteiger partial charge in [-0.1, -0.05) is 19.1 Å². The summed E-state index contributed by atoms with van der Waals surface area (Å²) in [6.07, 6.45) is 3.32. The summed E-state index contributed by atoms with van der Waals surface area (Å²) in [7, 11) is -3.56. The van der Waals surface area contributed by atoms with Crippen LogP contribution in [0.25, 0.3) is 11.3 Å². The molecule has 1 amide bonds. The van der Waals surface area contributed by atoms with Crippen molar-refractivity contribution in [3.05, 3.63) is 42.4 Å². The highest BCUT2D eigenvalue weighted by Gasteiger charge is 2.15. The Morgan fingerprint density at radius 3 is 2.55 bits per heavy atom. The van der Waals surface area contributed by atoms with Crippen LogP contribution in [0.2, 0.25) is 0 Å². The monoisotopic (exact) mass is 294 g/mol. The number of oxazole rings is 1. The number of nitrogens with zero attached hydrogens (tertiary/aromatic N) is 1. The van der Waals surface area contributed by atoms with Gasteiger partial charge >= 0.3 is 0 Å². The van der Waals surface area contributed by atoms with E-state index in [9.17, 15) is 13.2 Å². The van der Waals surface area contributed by atoms with Crippen LogP contribution in [0.15, 0.2) is 41.3 Å². The minimum absolute atomic E-state index is 0.0745. The second-order valence-electron chi connectivity index (χ2n) is 4.19. The second-order valence-corrected chi connectivity index (χ2v) is 6.03. The Morgan fingerprint density at radius 2 is 2.00 bits per heavy atom. The van der Waals surface area contributed by atoms with Gasteiger partial charge in [0.05, 0.1) is 11.9 Å². The number of carbonyl (C=O) groups is 1. The zero-order valence-corrected chi connectivity index (χ0v) is 11.7. The van der Waals surface area contributed by atoms with Gasteiger partial charge in [0.15, 0.2) is 12.2 Å². The topological polar surface area (TPSA) is 89.3 Å². The molecule has 0 aliphatic heterocycles. The van der Waals surface area contributed by atoms with Crippen LogP contribution in [0.4, 0.5) is 0 Å². The van der Waals surface area contributed by atoms with Crippen molar-refractivity contribution in [3.8, 4) is 11.3 Å². The van der Waals surface area contributed by atoms with Crippen molar-refractivity contribution in [1.29, 1.82) is 0 Å². The summed E-state index contributed by atoms with van der Waals surface area (Å²) < 4.78 is 30.2. The van der Waals surface area contributed by atoms with E-state index in [4.69, 9.17) is 4.42 Å². The number of hydrogen-bond donors (Lipinski definition) is 1. The lowest BCUT2D eigenvalue weighted by molar-refractivity contribution is 0.0981. The van der Waals surface area contributed by atoms with Gasteiger partial charge in [0.1, 0.15) is 0 Å². The maximum atomic E-state index is 11.8. The molecule has 20 heavy (non-hydrogen) atoms. The van der Waals surface area contributed by atoms with Gasteiger partial charge in [-0.25, -0.2) is 18.1 Å². The number of hydrogen-bond acceptors (Lipinski definition) is 5. The highest BCUT2D eigenvalue weighted by atomic mass is 32.2. The van der Waals surface area contributed by atoms with Gasteiger partial charge in [-0.05, 0) is 18.6 Å². The molecule has 0 radical (unpaired) electrons. The minimum Gasteiger partial charge on any atom is -0.444 e. The van der Waals surface area contributed by atoms with Gasteiger partial charge in [-0.15, -0.1) is 0 Å². The molecule has 1 aromatic carbocycles. The van der Waals surface area contributed by atoms with Crippen LogP contribution >= 0.6 is 0 Å². The molecule has 0 saturated heterocycles. The average molecular weight is 294 g/mol. The fourth-order valence-corrected chi connectivity index (χ4v) is 2.70. The molecule has 2 rings (SSSR count). The standard InChI is InChI=1S/C13H14N2O4S/c1-2-7-20(17,18)15-13(16)11-5-3-10(4-6-11)12-8-14-9-19-12/h3-6,8-9H,2,7H2,1H3,(H,15,16). The number of aromatic nitrogens is 1. The molecule has 0 aliphatic carbocycles. The number of sulfonamides is 1. The molecule has 1 N–H and O–H groups in total. The molecule has 0 atom stereocenters. The van der Waals surface area contributed by atoms with Gasteiger partial charge in [-0.2, -0.15) is 0 Å². The van der Waals surface area contributed by atoms with Crippen LogP contribution in [0.3, 0.4) is 0 Å². The van der Waals surface area contributed by atoms with Crippen LogP contribution in [0, 0.1) is 0 Å².